The van der Waals surface area contributed by atoms with E-state index in [9.17, 15) is 19.2 Å². The normalized spacial score (nSPS) is 20.2. The van der Waals surface area contributed by atoms with E-state index >= 15 is 0 Å². The van der Waals surface area contributed by atoms with Crippen LogP contribution in [0.2, 0.25) is 0 Å². The number of anilines is 5. The Hall–Kier alpha value is -6.15. The number of para-hydroxylation sites is 1. The molecule has 2 saturated heterocycles. The van der Waals surface area contributed by atoms with E-state index in [1.54, 1.807) is 16.8 Å². The molecule has 14 heteroatoms. The Labute approximate surface area is 330 Å². The van der Waals surface area contributed by atoms with Gasteiger partial charge in [0.1, 0.15) is 6.04 Å². The highest BCUT2D eigenvalue weighted by Crippen LogP contribution is 2.36. The van der Waals surface area contributed by atoms with Gasteiger partial charge in [0.15, 0.2) is 11.5 Å². The van der Waals surface area contributed by atoms with Crippen LogP contribution >= 0.6 is 0 Å². The van der Waals surface area contributed by atoms with Gasteiger partial charge in [0.05, 0.1) is 16.5 Å². The number of fused-ring (bicyclic) bond motifs is 3. The molecule has 5 aromatic rings. The number of imide groups is 2. The Morgan fingerprint density at radius 1 is 0.860 bits per heavy atom. The molecule has 2 fully saturated rings. The number of carbonyl (C=O) groups is 4. The number of carbonyl (C=O) groups excluding carboxylic acids is 4. The van der Waals surface area contributed by atoms with Crippen molar-refractivity contribution < 1.29 is 19.2 Å². The number of piperidine rings is 2. The Balaban J connectivity index is 0.828. The maximum atomic E-state index is 13.4. The van der Waals surface area contributed by atoms with Gasteiger partial charge >= 0.3 is 0 Å². The number of rotatable bonds is 8. The first-order valence-electron chi connectivity index (χ1n) is 19.8. The zero-order valence-electron chi connectivity index (χ0n) is 32.6. The fourth-order valence-corrected chi connectivity index (χ4v) is 9.00. The fourth-order valence-electron chi connectivity index (χ4n) is 9.00. The van der Waals surface area contributed by atoms with Gasteiger partial charge in [-0.25, -0.2) is 9.67 Å². The predicted octanol–water partition coefficient (Wildman–Crippen LogP) is 5.70. The van der Waals surface area contributed by atoms with E-state index in [2.05, 4.69) is 87.9 Å². The van der Waals surface area contributed by atoms with Gasteiger partial charge in [-0.3, -0.25) is 34.3 Å². The highest BCUT2D eigenvalue weighted by Gasteiger charge is 2.45. The first-order chi connectivity index (χ1) is 27.5. The number of hydrogen-bond donors (Lipinski definition) is 3. The lowest BCUT2D eigenvalue weighted by Gasteiger charge is -2.40. The van der Waals surface area contributed by atoms with Crippen molar-refractivity contribution in [2.45, 2.75) is 65.0 Å². The Bertz CT molecular complexity index is 2450. The summed E-state index contributed by atoms with van der Waals surface area (Å²) in [6.45, 7) is 10.2. The maximum absolute atomic E-state index is 13.4. The molecule has 4 aliphatic rings. The molecule has 0 aliphatic carbocycles. The third-order valence-corrected chi connectivity index (χ3v) is 12.3. The third-order valence-electron chi connectivity index (χ3n) is 12.3. The molecular weight excluding hydrogens is 721 g/mol. The summed E-state index contributed by atoms with van der Waals surface area (Å²) in [6.07, 6.45) is 5.08. The number of nitrogens with one attached hydrogen (secondary N) is 3. The molecule has 2 unspecified atom stereocenters. The zero-order valence-corrected chi connectivity index (χ0v) is 32.6. The van der Waals surface area contributed by atoms with Crippen molar-refractivity contribution in [1.82, 2.24) is 34.9 Å². The first kappa shape index (κ1) is 36.5. The summed E-state index contributed by atoms with van der Waals surface area (Å²) in [6, 6.07) is 17.4. The molecular formula is C43H46N10O4. The number of benzene rings is 3. The van der Waals surface area contributed by atoms with Gasteiger partial charge in [0.2, 0.25) is 17.8 Å². The van der Waals surface area contributed by atoms with Crippen molar-refractivity contribution in [3.05, 3.63) is 94.2 Å². The van der Waals surface area contributed by atoms with Crippen LogP contribution in [0, 0.1) is 19.8 Å². The molecule has 3 aromatic carbocycles. The van der Waals surface area contributed by atoms with Crippen molar-refractivity contribution in [3.63, 3.8) is 0 Å². The van der Waals surface area contributed by atoms with Crippen LogP contribution in [0.4, 0.5) is 28.8 Å². The van der Waals surface area contributed by atoms with E-state index < -0.39 is 23.8 Å². The van der Waals surface area contributed by atoms with Crippen molar-refractivity contribution in [2.24, 2.45) is 13.0 Å². The Morgan fingerprint density at radius 2 is 1.63 bits per heavy atom. The molecule has 57 heavy (non-hydrogen) atoms. The summed E-state index contributed by atoms with van der Waals surface area (Å²) in [5.41, 5.74) is 9.22. The Kier molecular flexibility index (Phi) is 9.23. The number of aromatic nitrogens is 4. The second-order valence-corrected chi connectivity index (χ2v) is 15.9. The number of aryl methyl sites for hydroxylation is 3. The minimum absolute atomic E-state index is 0.0970. The summed E-state index contributed by atoms with van der Waals surface area (Å²) in [5, 5.41) is 14.8. The zero-order chi connectivity index (χ0) is 39.5. The van der Waals surface area contributed by atoms with E-state index in [4.69, 9.17) is 10.1 Å². The van der Waals surface area contributed by atoms with Crippen molar-refractivity contribution in [2.75, 3.05) is 41.7 Å². The van der Waals surface area contributed by atoms with E-state index in [0.717, 1.165) is 95.4 Å². The number of amides is 4. The molecule has 292 valence electrons. The average Bonchev–Trinajstić information content (AvgIpc) is 3.64. The lowest BCUT2D eigenvalue weighted by Crippen LogP contribution is -2.54. The molecule has 0 bridgehead atoms. The predicted molar refractivity (Wildman–Crippen MR) is 217 cm³/mol. The van der Waals surface area contributed by atoms with Gasteiger partial charge in [-0.15, -0.1) is 0 Å². The molecule has 2 atom stereocenters. The second kappa shape index (κ2) is 14.4. The lowest BCUT2D eigenvalue weighted by atomic mass is 9.90. The molecule has 4 amide bonds. The van der Waals surface area contributed by atoms with Crippen LogP contribution in [-0.2, 0) is 23.1 Å². The number of hydrogen-bond acceptors (Lipinski definition) is 11. The minimum atomic E-state index is -0.969. The van der Waals surface area contributed by atoms with Gasteiger partial charge in [-0.1, -0.05) is 24.3 Å². The summed E-state index contributed by atoms with van der Waals surface area (Å²) < 4.78 is 1.78. The van der Waals surface area contributed by atoms with Gasteiger partial charge in [0.25, 0.3) is 11.8 Å². The minimum Gasteiger partial charge on any atom is -0.371 e. The molecule has 3 N–H and O–H groups in total. The standard InChI is InChI=1S/C43H46N10O4/c1-24-6-5-7-25(2)37(24)47-38-34-22-44-43(48-39(34)50(4)49-38)45-29-9-8-28-16-19-52(26(3)32(28)20-29)23-27-14-17-51(18-15-27)30-10-11-31-33(21-30)42(57)53(41(31)56)35-12-13-36(54)46-40(35)55/h5-11,20-22,26-27,35H,12-19,23H2,1-4H3,(H,47,49)(H,44,45,48)(H,46,54,55). The highest BCUT2D eigenvalue weighted by molar-refractivity contribution is 6.23. The van der Waals surface area contributed by atoms with E-state index in [0.29, 0.717) is 23.0 Å². The van der Waals surface area contributed by atoms with E-state index in [1.807, 2.05) is 19.3 Å². The van der Waals surface area contributed by atoms with Crippen molar-refractivity contribution >= 4 is 63.5 Å². The van der Waals surface area contributed by atoms with E-state index in [-0.39, 0.29) is 24.8 Å². The van der Waals surface area contributed by atoms with Gasteiger partial charge in [0, 0.05) is 68.9 Å². The maximum Gasteiger partial charge on any atom is 0.262 e. The van der Waals surface area contributed by atoms with Crippen LogP contribution < -0.4 is 20.9 Å². The summed E-state index contributed by atoms with van der Waals surface area (Å²) >= 11 is 0. The second-order valence-electron chi connectivity index (χ2n) is 15.9. The average molecular weight is 767 g/mol. The molecule has 0 saturated carbocycles. The van der Waals surface area contributed by atoms with Crippen LogP contribution in [-0.4, -0.2) is 85.4 Å². The fraction of sp³-hybridized carbons (Fsp3) is 0.372. The number of nitrogens with zero attached hydrogens (tertiary/aromatic N) is 7. The smallest absolute Gasteiger partial charge is 0.262 e. The van der Waals surface area contributed by atoms with Crippen LogP contribution in [0.25, 0.3) is 11.0 Å². The third kappa shape index (κ3) is 6.67. The molecule has 14 nitrogen and oxygen atoms in total. The van der Waals surface area contributed by atoms with Crippen molar-refractivity contribution in [1.29, 1.82) is 0 Å². The quantitative estimate of drug-likeness (QED) is 0.166. The van der Waals surface area contributed by atoms with Gasteiger partial charge in [-0.2, -0.15) is 10.1 Å². The molecule has 0 radical (unpaired) electrons. The van der Waals surface area contributed by atoms with Gasteiger partial charge in [-0.05, 0) is 105 Å². The van der Waals surface area contributed by atoms with Crippen LogP contribution in [0.5, 0.6) is 0 Å². The van der Waals surface area contributed by atoms with Crippen molar-refractivity contribution in [3.8, 4) is 0 Å². The van der Waals surface area contributed by atoms with Gasteiger partial charge < -0.3 is 15.5 Å². The van der Waals surface area contributed by atoms with Crippen LogP contribution in [0.15, 0.2) is 60.8 Å². The summed E-state index contributed by atoms with van der Waals surface area (Å²) in [7, 11) is 1.90. The summed E-state index contributed by atoms with van der Waals surface area (Å²) in [5.74, 6) is -0.174. The largest absolute Gasteiger partial charge is 0.371 e. The molecule has 9 rings (SSSR count). The van der Waals surface area contributed by atoms with Crippen LogP contribution in [0.3, 0.4) is 0 Å². The SMILES string of the molecule is Cc1cccc(C)c1Nc1nn(C)c2nc(Nc3ccc4c(c3)C(C)N(CC3CCN(c5ccc6c(c5)C(=O)N(C5CCC(=O)NC5=O)C6=O)CC3)CC4)ncc12. The lowest BCUT2D eigenvalue weighted by molar-refractivity contribution is -0.136. The monoisotopic (exact) mass is 766 g/mol. The van der Waals surface area contributed by atoms with E-state index in [1.165, 1.54) is 11.1 Å². The molecule has 0 spiro atoms. The first-order valence-corrected chi connectivity index (χ1v) is 19.8. The molecule has 4 aliphatic heterocycles. The Morgan fingerprint density at radius 3 is 2.40 bits per heavy atom. The molecule has 6 heterocycles. The molecule has 2 aromatic heterocycles. The van der Waals surface area contributed by atoms with Crippen LogP contribution in [0.1, 0.15) is 81.6 Å². The summed E-state index contributed by atoms with van der Waals surface area (Å²) in [4.78, 5) is 66.1. The highest BCUT2D eigenvalue weighted by atomic mass is 16.2. The topological polar surface area (TPSA) is 158 Å².